The van der Waals surface area contributed by atoms with Gasteiger partial charge in [0.05, 0.1) is 23.0 Å². The van der Waals surface area contributed by atoms with Crippen LogP contribution in [0.2, 0.25) is 5.02 Å². The van der Waals surface area contributed by atoms with Crippen molar-refractivity contribution in [3.8, 4) is 5.75 Å². The highest BCUT2D eigenvalue weighted by molar-refractivity contribution is 9.10. The van der Waals surface area contributed by atoms with Crippen LogP contribution < -0.4 is 20.7 Å². The first-order chi connectivity index (χ1) is 18.8. The summed E-state index contributed by atoms with van der Waals surface area (Å²) in [6.45, 7) is 5.07. The summed E-state index contributed by atoms with van der Waals surface area (Å²) < 4.78 is 35.4. The Kier molecular flexibility index (Phi) is 8.57. The number of methoxy groups -OCH3 is 1. The van der Waals surface area contributed by atoms with Gasteiger partial charge in [-0.3, -0.25) is 9.59 Å². The fourth-order valence-electron chi connectivity index (χ4n) is 4.38. The lowest BCUT2D eigenvalue weighted by atomic mass is 9.99. The van der Waals surface area contributed by atoms with Crippen molar-refractivity contribution in [2.45, 2.75) is 45.2 Å². The second-order valence-corrected chi connectivity index (χ2v) is 11.5. The molecule has 4 N–H and O–H groups in total. The Morgan fingerprint density at radius 1 is 1.15 bits per heavy atom. The number of benzene rings is 3. The highest BCUT2D eigenvalue weighted by Gasteiger charge is 2.39. The van der Waals surface area contributed by atoms with E-state index in [9.17, 15) is 19.1 Å². The molecule has 4 rings (SSSR count). The van der Waals surface area contributed by atoms with E-state index in [0.717, 1.165) is 17.0 Å². The Balaban J connectivity index is 1.94. The van der Waals surface area contributed by atoms with Gasteiger partial charge in [0.15, 0.2) is 5.82 Å². The highest BCUT2D eigenvalue weighted by atomic mass is 79.9. The number of aliphatic hydroxyl groups is 1. The minimum absolute atomic E-state index is 0.0123. The van der Waals surface area contributed by atoms with Crippen LogP contribution >= 0.6 is 27.5 Å². The van der Waals surface area contributed by atoms with Crippen molar-refractivity contribution in [2.24, 2.45) is 0 Å². The number of halogens is 4. The van der Waals surface area contributed by atoms with E-state index in [4.69, 9.17) is 16.3 Å². The fourth-order valence-corrected chi connectivity index (χ4v) is 5.02. The number of nitrogens with zero attached hydrogens (tertiary/aromatic N) is 1. The van der Waals surface area contributed by atoms with Crippen molar-refractivity contribution in [1.29, 1.82) is 0 Å². The molecule has 0 aromatic heterocycles. The van der Waals surface area contributed by atoms with Gasteiger partial charge < -0.3 is 30.7 Å². The second-order valence-electron chi connectivity index (χ2n) is 10.2. The molecule has 0 fully saturated rings. The van der Waals surface area contributed by atoms with Crippen LogP contribution in [0, 0.1) is 11.6 Å². The van der Waals surface area contributed by atoms with Gasteiger partial charge in [0, 0.05) is 22.7 Å². The SMILES string of the molecule is COc1ccc(CN(C(=O)c2c(F)c(Br)cc3c2NC(O)N3)C(C(=O)NC(C)(C)C)c2cc(F)ccc2Cl)cc1. The van der Waals surface area contributed by atoms with Gasteiger partial charge in [-0.1, -0.05) is 23.7 Å². The summed E-state index contributed by atoms with van der Waals surface area (Å²) in [6, 6.07) is 10.2. The molecule has 212 valence electrons. The molecule has 3 aromatic carbocycles. The van der Waals surface area contributed by atoms with E-state index < -0.39 is 46.9 Å². The molecule has 12 heteroatoms. The predicted octanol–water partition coefficient (Wildman–Crippen LogP) is 5.80. The number of hydrogen-bond donors (Lipinski definition) is 4. The maximum atomic E-state index is 15.7. The zero-order valence-electron chi connectivity index (χ0n) is 22.1. The summed E-state index contributed by atoms with van der Waals surface area (Å²) in [7, 11) is 1.51. The van der Waals surface area contributed by atoms with Crippen molar-refractivity contribution < 1.29 is 28.2 Å². The number of aliphatic hydroxyl groups excluding tert-OH is 1. The van der Waals surface area contributed by atoms with E-state index in [1.165, 1.54) is 19.2 Å². The Morgan fingerprint density at radius 3 is 2.45 bits per heavy atom. The first-order valence-corrected chi connectivity index (χ1v) is 13.4. The molecule has 40 heavy (non-hydrogen) atoms. The third-order valence-electron chi connectivity index (χ3n) is 6.09. The lowest BCUT2D eigenvalue weighted by molar-refractivity contribution is -0.127. The van der Waals surface area contributed by atoms with Crippen LogP contribution in [0.15, 0.2) is 53.0 Å². The van der Waals surface area contributed by atoms with E-state index in [2.05, 4.69) is 31.9 Å². The lowest BCUT2D eigenvalue weighted by Crippen LogP contribution is -2.49. The summed E-state index contributed by atoms with van der Waals surface area (Å²) in [4.78, 5) is 29.3. The van der Waals surface area contributed by atoms with Crippen LogP contribution in [0.25, 0.3) is 0 Å². The first-order valence-electron chi connectivity index (χ1n) is 12.2. The van der Waals surface area contributed by atoms with Crippen LogP contribution in [-0.2, 0) is 11.3 Å². The monoisotopic (exact) mass is 636 g/mol. The van der Waals surface area contributed by atoms with Crippen molar-refractivity contribution in [1.82, 2.24) is 10.2 Å². The molecule has 1 aliphatic heterocycles. The predicted molar refractivity (Wildman–Crippen MR) is 152 cm³/mol. The smallest absolute Gasteiger partial charge is 0.260 e. The maximum absolute atomic E-state index is 15.7. The molecular weight excluding hydrogens is 610 g/mol. The van der Waals surface area contributed by atoms with Crippen molar-refractivity contribution in [3.05, 3.63) is 86.4 Å². The lowest BCUT2D eigenvalue weighted by Gasteiger charge is -2.34. The minimum atomic E-state index is -1.47. The number of ether oxygens (including phenoxy) is 1. The number of fused-ring (bicyclic) bond motifs is 1. The topological polar surface area (TPSA) is 103 Å². The molecular formula is C28H28BrClF2N4O4. The van der Waals surface area contributed by atoms with Gasteiger partial charge in [-0.2, -0.15) is 0 Å². The molecule has 0 radical (unpaired) electrons. The molecule has 0 saturated heterocycles. The van der Waals surface area contributed by atoms with Gasteiger partial charge in [-0.15, -0.1) is 0 Å². The van der Waals surface area contributed by atoms with Crippen molar-refractivity contribution in [3.63, 3.8) is 0 Å². The molecule has 1 aliphatic rings. The summed E-state index contributed by atoms with van der Waals surface area (Å²) in [6.07, 6.45) is -1.28. The second kappa shape index (κ2) is 11.6. The number of nitrogens with one attached hydrogen (secondary N) is 3. The van der Waals surface area contributed by atoms with Gasteiger partial charge in [-0.25, -0.2) is 8.78 Å². The summed E-state index contributed by atoms with van der Waals surface area (Å²) in [5.41, 5.74) is -0.284. The third-order valence-corrected chi connectivity index (χ3v) is 7.01. The van der Waals surface area contributed by atoms with Crippen molar-refractivity contribution >= 4 is 50.7 Å². The molecule has 2 unspecified atom stereocenters. The van der Waals surface area contributed by atoms with Crippen LogP contribution in [0.1, 0.15) is 48.3 Å². The molecule has 3 aromatic rings. The Morgan fingerprint density at radius 2 is 1.82 bits per heavy atom. The number of carbonyl (C=O) groups is 2. The molecule has 2 amide bonds. The number of anilines is 2. The summed E-state index contributed by atoms with van der Waals surface area (Å²) in [5, 5.41) is 18.3. The maximum Gasteiger partial charge on any atom is 0.260 e. The van der Waals surface area contributed by atoms with Gasteiger partial charge in [0.1, 0.15) is 23.2 Å². The number of amides is 2. The Hall–Kier alpha value is -3.41. The highest BCUT2D eigenvalue weighted by Crippen LogP contribution is 2.40. The zero-order valence-corrected chi connectivity index (χ0v) is 24.5. The molecule has 2 atom stereocenters. The number of carbonyl (C=O) groups excluding carboxylic acids is 2. The van der Waals surface area contributed by atoms with E-state index in [-0.39, 0.29) is 33.0 Å². The number of hydrogen-bond acceptors (Lipinski definition) is 6. The van der Waals surface area contributed by atoms with Crippen LogP contribution in [-0.4, -0.2) is 40.8 Å². The van der Waals surface area contributed by atoms with E-state index in [1.807, 2.05) is 0 Å². The quantitative estimate of drug-likeness (QED) is 0.261. The standard InChI is InChI=1S/C28H28BrClF2N4O4/c1-28(2,3)35-25(37)24(17-11-15(31)7-10-19(17)30)36(13-14-5-8-16(40-4)9-6-14)26(38)21-22(32)18(29)12-20-23(21)34-27(39)33-20/h5-12,24,27,33-34,39H,13H2,1-4H3,(H,35,37). The Bertz CT molecular complexity index is 1450. The summed E-state index contributed by atoms with van der Waals surface area (Å²) >= 11 is 9.61. The van der Waals surface area contributed by atoms with Crippen molar-refractivity contribution in [2.75, 3.05) is 17.7 Å². The molecule has 8 nitrogen and oxygen atoms in total. The summed E-state index contributed by atoms with van der Waals surface area (Å²) in [5.74, 6) is -2.57. The molecule has 1 heterocycles. The Labute approximate surface area is 243 Å². The van der Waals surface area contributed by atoms with Crippen LogP contribution in [0.3, 0.4) is 0 Å². The van der Waals surface area contributed by atoms with E-state index in [0.29, 0.717) is 11.3 Å². The van der Waals surface area contributed by atoms with Gasteiger partial charge in [-0.05, 0) is 78.7 Å². The average molecular weight is 638 g/mol. The van der Waals surface area contributed by atoms with Crippen LogP contribution in [0.4, 0.5) is 20.2 Å². The largest absolute Gasteiger partial charge is 0.497 e. The van der Waals surface area contributed by atoms with E-state index in [1.54, 1.807) is 45.0 Å². The zero-order chi connectivity index (χ0) is 29.4. The van der Waals surface area contributed by atoms with Gasteiger partial charge >= 0.3 is 0 Å². The first kappa shape index (κ1) is 29.6. The van der Waals surface area contributed by atoms with Gasteiger partial charge in [0.25, 0.3) is 5.91 Å². The number of rotatable bonds is 7. The van der Waals surface area contributed by atoms with Gasteiger partial charge in [0.2, 0.25) is 12.3 Å². The molecule has 0 aliphatic carbocycles. The fraction of sp³-hybridized carbons (Fsp3) is 0.286. The van der Waals surface area contributed by atoms with E-state index >= 15 is 4.39 Å². The molecule has 0 saturated carbocycles. The van der Waals surface area contributed by atoms with Crippen LogP contribution in [0.5, 0.6) is 5.75 Å². The molecule has 0 spiro atoms. The minimum Gasteiger partial charge on any atom is -0.497 e. The normalized spacial score (nSPS) is 15.0. The average Bonchev–Trinajstić information content (AvgIpc) is 3.24. The third kappa shape index (κ3) is 6.32. The molecule has 0 bridgehead atoms.